The molecule has 6 aromatic rings. The Kier molecular flexibility index (Phi) is 7.38. The first-order valence-corrected chi connectivity index (χ1v) is 16.2. The maximum atomic E-state index is 14.9. The van der Waals surface area contributed by atoms with Gasteiger partial charge in [-0.05, 0) is 57.3 Å². The lowest BCUT2D eigenvalue weighted by Crippen LogP contribution is -2.63. The molecule has 47 heavy (non-hydrogen) atoms. The molecule has 0 bridgehead atoms. The van der Waals surface area contributed by atoms with Gasteiger partial charge in [0.05, 0.1) is 11.4 Å². The number of nitrogens with zero attached hydrogens (tertiary/aromatic N) is 4. The molecular weight excluding hydrogens is 582 g/mol. The molecule has 1 aliphatic carbocycles. The minimum Gasteiger partial charge on any atom is -0.851 e. The molecule has 2 unspecified atom stereocenters. The predicted octanol–water partition coefficient (Wildman–Crippen LogP) is 5.48. The molecule has 0 heterocycles. The number of rotatable bonds is 6. The van der Waals surface area contributed by atoms with Gasteiger partial charge in [0.2, 0.25) is 0 Å². The minimum absolute atomic E-state index is 0.590. The SMILES string of the molecule is CN(C)c1c2ccccc2c(C2C([O-])C(c3c4cccc(N(C)C)c4c(N(C)C)c4c(N(C)C)cccc34)C2[O-])c2c(N)cccc12. The summed E-state index contributed by atoms with van der Waals surface area (Å²) in [5.41, 5.74) is 13.2. The topological polar surface area (TPSA) is 85.1 Å². The summed E-state index contributed by atoms with van der Waals surface area (Å²) in [5, 5.41) is 37.6. The third-order valence-electron chi connectivity index (χ3n) is 10.2. The Bertz CT molecular complexity index is 2110. The molecular formula is C40H43N5O2-2. The Balaban J connectivity index is 1.54. The smallest absolute Gasteiger partial charge is 0.0562 e. The summed E-state index contributed by atoms with van der Waals surface area (Å²) in [4.78, 5) is 8.48. The Morgan fingerprint density at radius 3 is 1.40 bits per heavy atom. The third kappa shape index (κ3) is 4.40. The van der Waals surface area contributed by atoms with Crippen LogP contribution in [0.3, 0.4) is 0 Å². The normalized spacial score (nSPS) is 19.4. The van der Waals surface area contributed by atoms with E-state index in [-0.39, 0.29) is 0 Å². The van der Waals surface area contributed by atoms with Crippen LogP contribution in [0.25, 0.3) is 43.1 Å². The van der Waals surface area contributed by atoms with Gasteiger partial charge >= 0.3 is 0 Å². The van der Waals surface area contributed by atoms with Gasteiger partial charge in [-0.3, -0.25) is 0 Å². The summed E-state index contributed by atoms with van der Waals surface area (Å²) in [6.07, 6.45) is -2.31. The van der Waals surface area contributed by atoms with Gasteiger partial charge in [-0.25, -0.2) is 0 Å². The van der Waals surface area contributed by atoms with Crippen LogP contribution < -0.4 is 35.5 Å². The zero-order chi connectivity index (χ0) is 33.5. The van der Waals surface area contributed by atoms with E-state index >= 15 is 0 Å². The van der Waals surface area contributed by atoms with Crippen molar-refractivity contribution in [2.75, 3.05) is 81.7 Å². The third-order valence-corrected chi connectivity index (χ3v) is 10.2. The first kappa shape index (κ1) is 30.9. The molecule has 0 radical (unpaired) electrons. The van der Waals surface area contributed by atoms with Gasteiger partial charge in [-0.2, -0.15) is 0 Å². The molecule has 1 aliphatic rings. The second-order valence-corrected chi connectivity index (χ2v) is 13.8. The molecule has 0 amide bonds. The molecule has 1 saturated carbocycles. The lowest BCUT2D eigenvalue weighted by molar-refractivity contribution is -0.535. The molecule has 0 aliphatic heterocycles. The van der Waals surface area contributed by atoms with Gasteiger partial charge in [-0.15, -0.1) is 12.2 Å². The van der Waals surface area contributed by atoms with Crippen molar-refractivity contribution in [3.05, 3.63) is 90.0 Å². The quantitative estimate of drug-likeness (QED) is 0.194. The molecule has 2 atom stereocenters. The monoisotopic (exact) mass is 625 g/mol. The zero-order valence-electron chi connectivity index (χ0n) is 28.5. The van der Waals surface area contributed by atoms with E-state index in [1.165, 1.54) is 0 Å². The first-order chi connectivity index (χ1) is 22.5. The molecule has 7 heteroatoms. The van der Waals surface area contributed by atoms with E-state index in [4.69, 9.17) is 5.73 Å². The van der Waals surface area contributed by atoms with Gasteiger partial charge in [0.25, 0.3) is 0 Å². The van der Waals surface area contributed by atoms with Crippen molar-refractivity contribution < 1.29 is 10.2 Å². The Morgan fingerprint density at radius 2 is 0.894 bits per heavy atom. The van der Waals surface area contributed by atoms with Crippen molar-refractivity contribution in [1.82, 2.24) is 0 Å². The number of nitrogens with two attached hydrogens (primary N) is 1. The van der Waals surface area contributed by atoms with Crippen LogP contribution in [0.15, 0.2) is 78.9 Å². The van der Waals surface area contributed by atoms with Crippen LogP contribution >= 0.6 is 0 Å². The van der Waals surface area contributed by atoms with E-state index in [2.05, 4.69) is 70.1 Å². The van der Waals surface area contributed by atoms with Gasteiger partial charge in [0.1, 0.15) is 0 Å². The van der Waals surface area contributed by atoms with Gasteiger partial charge < -0.3 is 35.5 Å². The summed E-state index contributed by atoms with van der Waals surface area (Å²) in [6.45, 7) is 0. The summed E-state index contributed by atoms with van der Waals surface area (Å²) >= 11 is 0. The van der Waals surface area contributed by atoms with Gasteiger partial charge in [-0.1, -0.05) is 60.7 Å². The Hall–Kier alpha value is -4.72. The van der Waals surface area contributed by atoms with E-state index in [1.807, 2.05) is 84.8 Å². The molecule has 1 fully saturated rings. The standard InChI is InChI=1S/C40H43N5O2/c1-42(2)28-20-12-16-24-30(25-17-13-21-29(43(3)4)33(25)38(32(24)28)45(7)8)35-39(46)36(40(35)47)34-22-14-9-10-15-23(22)37(44(5)6)26-18-11-19-27(41)31(26)34/h9-21,35-36,39-40H,41H2,1-8H3/q-2. The molecule has 0 spiro atoms. The highest BCUT2D eigenvalue weighted by atomic mass is 16.3. The number of hydrogen-bond acceptors (Lipinski definition) is 7. The largest absolute Gasteiger partial charge is 0.851 e. The average molecular weight is 626 g/mol. The van der Waals surface area contributed by atoms with E-state index in [0.717, 1.165) is 77.0 Å². The van der Waals surface area contributed by atoms with Crippen LogP contribution in [0.5, 0.6) is 0 Å². The van der Waals surface area contributed by atoms with Crippen LogP contribution in [-0.4, -0.2) is 68.6 Å². The fourth-order valence-corrected chi connectivity index (χ4v) is 8.28. The zero-order valence-corrected chi connectivity index (χ0v) is 28.5. The second kappa shape index (κ2) is 11.2. The highest BCUT2D eigenvalue weighted by Gasteiger charge is 2.42. The maximum absolute atomic E-state index is 14.9. The number of benzene rings is 6. The van der Waals surface area contributed by atoms with Crippen LogP contribution in [0.4, 0.5) is 28.4 Å². The number of nitrogen functional groups attached to an aromatic ring is 1. The Morgan fingerprint density at radius 1 is 0.447 bits per heavy atom. The van der Waals surface area contributed by atoms with E-state index < -0.39 is 24.0 Å². The summed E-state index contributed by atoms with van der Waals surface area (Å²) < 4.78 is 0. The van der Waals surface area contributed by atoms with Crippen molar-refractivity contribution >= 4 is 71.5 Å². The van der Waals surface area contributed by atoms with Crippen molar-refractivity contribution in [3.8, 4) is 0 Å². The minimum atomic E-state index is -1.16. The van der Waals surface area contributed by atoms with Crippen LogP contribution in [0.1, 0.15) is 23.0 Å². The molecule has 0 saturated heterocycles. The van der Waals surface area contributed by atoms with Crippen LogP contribution in [0, 0.1) is 0 Å². The number of hydrogen-bond donors (Lipinski definition) is 1. The fraction of sp³-hybridized carbons (Fsp3) is 0.300. The van der Waals surface area contributed by atoms with Crippen molar-refractivity contribution in [3.63, 3.8) is 0 Å². The van der Waals surface area contributed by atoms with Crippen LogP contribution in [0.2, 0.25) is 0 Å². The number of anilines is 5. The molecule has 6 aromatic carbocycles. The first-order valence-electron chi connectivity index (χ1n) is 16.2. The Labute approximate surface area is 277 Å². The number of fused-ring (bicyclic) bond motifs is 4. The lowest BCUT2D eigenvalue weighted by Gasteiger charge is -2.62. The van der Waals surface area contributed by atoms with Gasteiger partial charge in [0, 0.05) is 100 Å². The summed E-state index contributed by atoms with van der Waals surface area (Å²) in [5.74, 6) is -1.48. The van der Waals surface area contributed by atoms with Crippen molar-refractivity contribution in [2.45, 2.75) is 24.0 Å². The fourth-order valence-electron chi connectivity index (χ4n) is 8.28. The highest BCUT2D eigenvalue weighted by Crippen LogP contribution is 2.56. The molecule has 0 aromatic heterocycles. The maximum Gasteiger partial charge on any atom is 0.0562 e. The average Bonchev–Trinajstić information content (AvgIpc) is 3.03. The highest BCUT2D eigenvalue weighted by molar-refractivity contribution is 6.22. The lowest BCUT2D eigenvalue weighted by atomic mass is 9.60. The molecule has 7 rings (SSSR count). The predicted molar refractivity (Wildman–Crippen MR) is 198 cm³/mol. The molecule has 242 valence electrons. The van der Waals surface area contributed by atoms with E-state index in [0.29, 0.717) is 5.69 Å². The van der Waals surface area contributed by atoms with Crippen molar-refractivity contribution in [2.24, 2.45) is 0 Å². The van der Waals surface area contributed by atoms with E-state index in [1.54, 1.807) is 0 Å². The summed E-state index contributed by atoms with van der Waals surface area (Å²) in [6, 6.07) is 26.5. The van der Waals surface area contributed by atoms with E-state index in [9.17, 15) is 10.2 Å². The molecule has 7 nitrogen and oxygen atoms in total. The van der Waals surface area contributed by atoms with Gasteiger partial charge in [0.15, 0.2) is 0 Å². The van der Waals surface area contributed by atoms with Crippen molar-refractivity contribution in [1.29, 1.82) is 0 Å². The summed E-state index contributed by atoms with van der Waals surface area (Å²) in [7, 11) is 16.3. The van der Waals surface area contributed by atoms with Crippen LogP contribution in [-0.2, 0) is 0 Å². The molecule has 2 N–H and O–H groups in total. The second-order valence-electron chi connectivity index (χ2n) is 13.8.